The van der Waals surface area contributed by atoms with E-state index in [1.807, 2.05) is 49.4 Å². The van der Waals surface area contributed by atoms with Crippen LogP contribution < -0.4 is 16.0 Å². The fraction of sp³-hybridized carbons (Fsp3) is 0.467. The summed E-state index contributed by atoms with van der Waals surface area (Å²) in [5.41, 5.74) is 4.05. The lowest BCUT2D eigenvalue weighted by Crippen LogP contribution is -2.53. The minimum Gasteiger partial charge on any atom is -0.481 e. The lowest BCUT2D eigenvalue weighted by atomic mass is 9.89. The number of nitrogens with one attached hydrogen (secondary N) is 3. The second-order valence-corrected chi connectivity index (χ2v) is 11.2. The standard InChI is InChI=1S/C30H38N4O5/c1-19-11-12-22-20(16-19)13-15-34(27(22)29(39)33-30(2,3)18-26(36)37)25(35)10-6-7-14-31-28(38)24-17-21-8-4-5-9-23(21)32-24/h4-5,8-9,11-12,16,24,27,32H,6-7,10,13-15,17-18H2,1-3H3,(H,31,38)(H,33,39)(H,36,37)/t24-,27-/m0/s1. The first-order valence-corrected chi connectivity index (χ1v) is 13.6. The van der Waals surface area contributed by atoms with Gasteiger partial charge in [0.25, 0.3) is 0 Å². The number of amides is 3. The van der Waals surface area contributed by atoms with Gasteiger partial charge in [0.05, 0.1) is 6.42 Å². The smallest absolute Gasteiger partial charge is 0.305 e. The third-order valence-electron chi connectivity index (χ3n) is 7.35. The van der Waals surface area contributed by atoms with Crippen LogP contribution in [0.2, 0.25) is 0 Å². The fourth-order valence-corrected chi connectivity index (χ4v) is 5.47. The maximum atomic E-state index is 13.5. The number of hydrogen-bond donors (Lipinski definition) is 4. The molecule has 0 aliphatic carbocycles. The van der Waals surface area contributed by atoms with E-state index >= 15 is 0 Å². The van der Waals surface area contributed by atoms with Crippen LogP contribution in [-0.4, -0.2) is 58.4 Å². The Balaban J connectivity index is 1.32. The molecule has 2 aliphatic rings. The summed E-state index contributed by atoms with van der Waals surface area (Å²) < 4.78 is 0. The summed E-state index contributed by atoms with van der Waals surface area (Å²) in [6.07, 6.45) is 2.55. The van der Waals surface area contributed by atoms with Crippen LogP contribution in [0, 0.1) is 6.92 Å². The van der Waals surface area contributed by atoms with Crippen LogP contribution in [0.1, 0.15) is 67.8 Å². The molecule has 0 saturated heterocycles. The number of unbranched alkanes of at least 4 members (excludes halogenated alkanes) is 1. The van der Waals surface area contributed by atoms with Gasteiger partial charge in [0.15, 0.2) is 0 Å². The van der Waals surface area contributed by atoms with Gasteiger partial charge in [-0.05, 0) is 62.8 Å². The molecule has 208 valence electrons. The molecule has 0 bridgehead atoms. The molecule has 9 heteroatoms. The maximum absolute atomic E-state index is 13.5. The van der Waals surface area contributed by atoms with Crippen molar-refractivity contribution in [2.75, 3.05) is 18.4 Å². The van der Waals surface area contributed by atoms with Crippen LogP contribution in [0.4, 0.5) is 5.69 Å². The van der Waals surface area contributed by atoms with Gasteiger partial charge in [0.1, 0.15) is 12.1 Å². The number of aryl methyl sites for hydroxylation is 1. The molecule has 2 aromatic carbocycles. The number of anilines is 1. The topological polar surface area (TPSA) is 128 Å². The number of para-hydroxylation sites is 1. The SMILES string of the molecule is Cc1ccc2c(c1)CCN(C(=O)CCCCNC(=O)[C@@H]1Cc3ccccc3N1)[C@@H]2C(=O)NC(C)(C)CC(=O)O. The number of hydrogen-bond acceptors (Lipinski definition) is 5. The average molecular weight is 535 g/mol. The predicted octanol–water partition coefficient (Wildman–Crippen LogP) is 3.11. The van der Waals surface area contributed by atoms with E-state index in [1.165, 1.54) is 0 Å². The van der Waals surface area contributed by atoms with Crippen molar-refractivity contribution in [2.24, 2.45) is 0 Å². The van der Waals surface area contributed by atoms with Crippen molar-refractivity contribution in [3.05, 3.63) is 64.7 Å². The van der Waals surface area contributed by atoms with Gasteiger partial charge in [-0.2, -0.15) is 0 Å². The van der Waals surface area contributed by atoms with Crippen molar-refractivity contribution in [1.82, 2.24) is 15.5 Å². The van der Waals surface area contributed by atoms with Gasteiger partial charge in [-0.15, -0.1) is 0 Å². The molecule has 2 aromatic rings. The summed E-state index contributed by atoms with van der Waals surface area (Å²) in [5.74, 6) is -1.57. The maximum Gasteiger partial charge on any atom is 0.305 e. The Hall–Kier alpha value is -3.88. The molecule has 4 rings (SSSR count). The number of benzene rings is 2. The summed E-state index contributed by atoms with van der Waals surface area (Å²) in [6.45, 7) is 6.20. The number of fused-ring (bicyclic) bond motifs is 2. The van der Waals surface area contributed by atoms with E-state index in [9.17, 15) is 24.3 Å². The third-order valence-corrected chi connectivity index (χ3v) is 7.35. The molecular weight excluding hydrogens is 496 g/mol. The second-order valence-electron chi connectivity index (χ2n) is 11.2. The zero-order chi connectivity index (χ0) is 28.2. The van der Waals surface area contributed by atoms with Gasteiger partial charge in [-0.25, -0.2) is 0 Å². The molecule has 2 heterocycles. The molecule has 39 heavy (non-hydrogen) atoms. The number of nitrogens with zero attached hydrogens (tertiary/aromatic N) is 1. The van der Waals surface area contributed by atoms with Crippen LogP contribution in [-0.2, 0) is 32.0 Å². The molecule has 0 radical (unpaired) electrons. The fourth-order valence-electron chi connectivity index (χ4n) is 5.47. The molecule has 0 saturated carbocycles. The molecule has 9 nitrogen and oxygen atoms in total. The molecule has 0 unspecified atom stereocenters. The van der Waals surface area contributed by atoms with Gasteiger partial charge in [-0.1, -0.05) is 42.0 Å². The Kier molecular flexibility index (Phi) is 8.57. The number of carbonyl (C=O) groups is 4. The number of carboxylic acids is 1. The summed E-state index contributed by atoms with van der Waals surface area (Å²) >= 11 is 0. The number of carbonyl (C=O) groups excluding carboxylic acids is 3. The normalized spacial score (nSPS) is 18.0. The van der Waals surface area contributed by atoms with E-state index in [2.05, 4.69) is 16.0 Å². The minimum absolute atomic E-state index is 0.0545. The molecular formula is C30H38N4O5. The summed E-state index contributed by atoms with van der Waals surface area (Å²) in [4.78, 5) is 52.2. The Bertz CT molecular complexity index is 1230. The molecule has 2 aliphatic heterocycles. The molecule has 0 spiro atoms. The van der Waals surface area contributed by atoms with Crippen LogP contribution in [0.25, 0.3) is 0 Å². The molecule has 3 amide bonds. The van der Waals surface area contributed by atoms with Crippen molar-refractivity contribution in [1.29, 1.82) is 0 Å². The van der Waals surface area contributed by atoms with Crippen molar-refractivity contribution < 1.29 is 24.3 Å². The van der Waals surface area contributed by atoms with Crippen molar-refractivity contribution in [3.8, 4) is 0 Å². The zero-order valence-electron chi connectivity index (χ0n) is 22.9. The van der Waals surface area contributed by atoms with Gasteiger partial charge in [0, 0.05) is 37.2 Å². The first-order chi connectivity index (χ1) is 18.5. The monoisotopic (exact) mass is 534 g/mol. The molecule has 0 aromatic heterocycles. The number of rotatable bonds is 10. The lowest BCUT2D eigenvalue weighted by molar-refractivity contribution is -0.143. The Morgan fingerprint density at radius 2 is 1.82 bits per heavy atom. The highest BCUT2D eigenvalue weighted by atomic mass is 16.4. The number of carboxylic acid groups (broad SMARTS) is 1. The zero-order valence-corrected chi connectivity index (χ0v) is 22.9. The van der Waals surface area contributed by atoms with E-state index in [0.717, 1.165) is 27.9 Å². The Morgan fingerprint density at radius 3 is 2.56 bits per heavy atom. The summed E-state index contributed by atoms with van der Waals surface area (Å²) in [7, 11) is 0. The quantitative estimate of drug-likeness (QED) is 0.347. The largest absolute Gasteiger partial charge is 0.481 e. The van der Waals surface area contributed by atoms with Crippen molar-refractivity contribution >= 4 is 29.4 Å². The van der Waals surface area contributed by atoms with Crippen molar-refractivity contribution in [2.45, 2.75) is 76.9 Å². The van der Waals surface area contributed by atoms with Gasteiger partial charge < -0.3 is 26.0 Å². The average Bonchev–Trinajstić information content (AvgIpc) is 3.31. The van der Waals surface area contributed by atoms with Gasteiger partial charge >= 0.3 is 5.97 Å². The van der Waals surface area contributed by atoms with E-state index in [-0.39, 0.29) is 36.6 Å². The van der Waals surface area contributed by atoms with Crippen molar-refractivity contribution in [3.63, 3.8) is 0 Å². The lowest BCUT2D eigenvalue weighted by Gasteiger charge is -2.38. The minimum atomic E-state index is -1.01. The predicted molar refractivity (Wildman–Crippen MR) is 148 cm³/mol. The van der Waals surface area contributed by atoms with E-state index < -0.39 is 17.6 Å². The van der Waals surface area contributed by atoms with Crippen LogP contribution in [0.15, 0.2) is 42.5 Å². The second kappa shape index (κ2) is 11.9. The number of aliphatic carboxylic acids is 1. The van der Waals surface area contributed by atoms with Crippen LogP contribution >= 0.6 is 0 Å². The van der Waals surface area contributed by atoms with E-state index in [0.29, 0.717) is 38.8 Å². The molecule has 0 fully saturated rings. The summed E-state index contributed by atoms with van der Waals surface area (Å²) in [5, 5.41) is 18.3. The van der Waals surface area contributed by atoms with Gasteiger partial charge in [-0.3, -0.25) is 19.2 Å². The third kappa shape index (κ3) is 6.96. The highest BCUT2D eigenvalue weighted by Gasteiger charge is 2.38. The summed E-state index contributed by atoms with van der Waals surface area (Å²) in [6, 6.07) is 12.6. The van der Waals surface area contributed by atoms with Crippen LogP contribution in [0.5, 0.6) is 0 Å². The Labute approximate surface area is 229 Å². The Morgan fingerprint density at radius 1 is 1.05 bits per heavy atom. The van der Waals surface area contributed by atoms with E-state index in [4.69, 9.17) is 0 Å². The van der Waals surface area contributed by atoms with Crippen LogP contribution in [0.3, 0.4) is 0 Å². The highest BCUT2D eigenvalue weighted by molar-refractivity contribution is 5.90. The van der Waals surface area contributed by atoms with E-state index in [1.54, 1.807) is 18.7 Å². The first kappa shape index (κ1) is 28.1. The molecule has 4 N–H and O–H groups in total. The van der Waals surface area contributed by atoms with Gasteiger partial charge in [0.2, 0.25) is 17.7 Å². The first-order valence-electron chi connectivity index (χ1n) is 13.6. The molecule has 2 atom stereocenters. The highest BCUT2D eigenvalue weighted by Crippen LogP contribution is 2.32.